The van der Waals surface area contributed by atoms with Crippen LogP contribution in [0.4, 0.5) is 0 Å². The Morgan fingerprint density at radius 2 is 1.80 bits per heavy atom. The smallest absolute Gasteiger partial charge is 0.226 e. The van der Waals surface area contributed by atoms with Crippen molar-refractivity contribution < 1.29 is 4.79 Å². The first-order chi connectivity index (χ1) is 7.10. The molecule has 0 atom stereocenters. The highest BCUT2D eigenvalue weighted by Crippen LogP contribution is 2.46. The maximum Gasteiger partial charge on any atom is 0.226 e. The Kier molecular flexibility index (Phi) is 3.11. The Morgan fingerprint density at radius 3 is 2.27 bits per heavy atom. The van der Waals surface area contributed by atoms with Crippen LogP contribution < -0.4 is 5.32 Å². The molecule has 0 aromatic rings. The lowest BCUT2D eigenvalue weighted by atomic mass is 9.83. The van der Waals surface area contributed by atoms with Crippen LogP contribution in [0.1, 0.15) is 51.9 Å². The number of hydrogen-bond acceptors (Lipinski definition) is 1. The quantitative estimate of drug-likeness (QED) is 0.787. The normalized spacial score (nSPS) is 27.1. The van der Waals surface area contributed by atoms with E-state index in [4.69, 9.17) is 0 Å². The summed E-state index contributed by atoms with van der Waals surface area (Å²) in [5, 5.41) is 4.20. The van der Waals surface area contributed by atoms with Gasteiger partial charge in [-0.05, 0) is 25.7 Å². The molecule has 1 amide bonds. The fourth-order valence-corrected chi connectivity index (χ4v) is 3.03. The summed E-state index contributed by atoms with van der Waals surface area (Å²) in [4.78, 5) is 12.0. The largest absolute Gasteiger partial charge is 0.349 e. The molecule has 0 aromatic carbocycles. The predicted molar refractivity (Wildman–Crippen MR) is 65.1 cm³/mol. The third kappa shape index (κ3) is 2.38. The van der Waals surface area contributed by atoms with E-state index in [1.165, 1.54) is 19.3 Å². The molecular formula is C12H20BrNO. The van der Waals surface area contributed by atoms with Crippen LogP contribution in [0.3, 0.4) is 0 Å². The van der Waals surface area contributed by atoms with E-state index in [-0.39, 0.29) is 16.9 Å². The zero-order valence-corrected chi connectivity index (χ0v) is 11.0. The lowest BCUT2D eigenvalue weighted by molar-refractivity contribution is -0.127. The van der Waals surface area contributed by atoms with E-state index in [9.17, 15) is 4.79 Å². The van der Waals surface area contributed by atoms with Gasteiger partial charge in [-0.2, -0.15) is 0 Å². The standard InChI is InChI=1S/C12H20BrNO/c1-11(7-8-11)10(15)14-12(9-13)5-3-2-4-6-12/h2-9H2,1H3,(H,14,15). The van der Waals surface area contributed by atoms with Crippen molar-refractivity contribution in [3.63, 3.8) is 0 Å². The Labute approximate surface area is 100 Å². The van der Waals surface area contributed by atoms with E-state index >= 15 is 0 Å². The maximum atomic E-state index is 12.0. The van der Waals surface area contributed by atoms with Crippen LogP contribution >= 0.6 is 15.9 Å². The van der Waals surface area contributed by atoms with Crippen LogP contribution in [0.5, 0.6) is 0 Å². The zero-order valence-electron chi connectivity index (χ0n) is 9.44. The average molecular weight is 274 g/mol. The summed E-state index contributed by atoms with van der Waals surface area (Å²) in [5.74, 6) is 0.281. The summed E-state index contributed by atoms with van der Waals surface area (Å²) >= 11 is 3.57. The second-order valence-corrected chi connectivity index (χ2v) is 6.05. The molecule has 2 aliphatic rings. The molecule has 2 nitrogen and oxygen atoms in total. The minimum atomic E-state index is -0.0351. The van der Waals surface area contributed by atoms with Crippen molar-refractivity contribution in [2.45, 2.75) is 57.4 Å². The Hall–Kier alpha value is -0.0500. The van der Waals surface area contributed by atoms with Gasteiger partial charge in [-0.25, -0.2) is 0 Å². The fourth-order valence-electron chi connectivity index (χ4n) is 2.33. The van der Waals surface area contributed by atoms with E-state index in [0.29, 0.717) is 0 Å². The number of carbonyl (C=O) groups excluding carboxylic acids is 1. The summed E-state index contributed by atoms with van der Waals surface area (Å²) in [6, 6.07) is 0. The van der Waals surface area contributed by atoms with Crippen molar-refractivity contribution >= 4 is 21.8 Å². The molecule has 0 saturated heterocycles. The molecule has 2 saturated carbocycles. The lowest BCUT2D eigenvalue weighted by Crippen LogP contribution is -2.53. The van der Waals surface area contributed by atoms with Crippen LogP contribution in [0.25, 0.3) is 0 Å². The molecule has 0 aromatic heterocycles. The van der Waals surface area contributed by atoms with Crippen LogP contribution in [0, 0.1) is 5.41 Å². The molecule has 0 spiro atoms. The van der Waals surface area contributed by atoms with Crippen molar-refractivity contribution in [1.82, 2.24) is 5.32 Å². The molecule has 1 N–H and O–H groups in total. The van der Waals surface area contributed by atoms with E-state index in [0.717, 1.165) is 31.0 Å². The van der Waals surface area contributed by atoms with Crippen LogP contribution in [0.2, 0.25) is 0 Å². The second-order valence-electron chi connectivity index (χ2n) is 5.49. The number of halogens is 1. The lowest BCUT2D eigenvalue weighted by Gasteiger charge is -2.37. The Bertz CT molecular complexity index is 254. The van der Waals surface area contributed by atoms with Gasteiger partial charge in [-0.1, -0.05) is 42.1 Å². The molecule has 0 radical (unpaired) electrons. The SMILES string of the molecule is CC1(C(=O)NC2(CBr)CCCCC2)CC1. The van der Waals surface area contributed by atoms with Crippen molar-refractivity contribution in [3.05, 3.63) is 0 Å². The van der Waals surface area contributed by atoms with Crippen LogP contribution in [-0.2, 0) is 4.79 Å². The van der Waals surface area contributed by atoms with Gasteiger partial charge in [0.25, 0.3) is 0 Å². The van der Waals surface area contributed by atoms with Gasteiger partial charge in [-0.3, -0.25) is 4.79 Å². The van der Waals surface area contributed by atoms with Gasteiger partial charge in [0.1, 0.15) is 0 Å². The molecule has 0 aliphatic heterocycles. The summed E-state index contributed by atoms with van der Waals surface area (Å²) in [5.41, 5.74) is 0.0214. The highest BCUT2D eigenvalue weighted by Gasteiger charge is 2.47. The van der Waals surface area contributed by atoms with Crippen molar-refractivity contribution in [2.75, 3.05) is 5.33 Å². The average Bonchev–Trinajstić information content (AvgIpc) is 2.99. The molecule has 2 rings (SSSR count). The third-order valence-corrected chi connectivity index (χ3v) is 5.07. The molecular weight excluding hydrogens is 254 g/mol. The molecule has 15 heavy (non-hydrogen) atoms. The number of alkyl halides is 1. The van der Waals surface area contributed by atoms with E-state index in [1.54, 1.807) is 0 Å². The van der Waals surface area contributed by atoms with E-state index in [1.807, 2.05) is 0 Å². The maximum absolute atomic E-state index is 12.0. The van der Waals surface area contributed by atoms with Gasteiger partial charge in [0, 0.05) is 16.3 Å². The molecule has 2 aliphatic carbocycles. The number of nitrogens with one attached hydrogen (secondary N) is 1. The number of rotatable bonds is 3. The Morgan fingerprint density at radius 1 is 1.20 bits per heavy atom. The van der Waals surface area contributed by atoms with E-state index in [2.05, 4.69) is 28.2 Å². The number of carbonyl (C=O) groups is 1. The second kappa shape index (κ2) is 4.08. The van der Waals surface area contributed by atoms with Crippen LogP contribution in [0.15, 0.2) is 0 Å². The van der Waals surface area contributed by atoms with E-state index < -0.39 is 0 Å². The third-order valence-electron chi connectivity index (χ3n) is 3.99. The monoisotopic (exact) mass is 273 g/mol. The van der Waals surface area contributed by atoms with Crippen LogP contribution in [-0.4, -0.2) is 16.8 Å². The van der Waals surface area contributed by atoms with Crippen molar-refractivity contribution in [2.24, 2.45) is 5.41 Å². The Balaban J connectivity index is 1.97. The summed E-state index contributed by atoms with van der Waals surface area (Å²) < 4.78 is 0. The van der Waals surface area contributed by atoms with Crippen molar-refractivity contribution in [1.29, 1.82) is 0 Å². The molecule has 2 fully saturated rings. The van der Waals surface area contributed by atoms with Gasteiger partial charge in [-0.15, -0.1) is 0 Å². The molecule has 86 valence electrons. The fraction of sp³-hybridized carbons (Fsp3) is 0.917. The van der Waals surface area contributed by atoms with Gasteiger partial charge < -0.3 is 5.32 Å². The summed E-state index contributed by atoms with van der Waals surface area (Å²) in [6.07, 6.45) is 8.24. The van der Waals surface area contributed by atoms with Crippen molar-refractivity contribution in [3.8, 4) is 0 Å². The predicted octanol–water partition coefficient (Wildman–Crippen LogP) is 3.00. The highest BCUT2D eigenvalue weighted by molar-refractivity contribution is 9.09. The minimum Gasteiger partial charge on any atom is -0.349 e. The number of hydrogen-bond donors (Lipinski definition) is 1. The molecule has 0 unspecified atom stereocenters. The first-order valence-corrected chi connectivity index (χ1v) is 7.11. The highest BCUT2D eigenvalue weighted by atomic mass is 79.9. The van der Waals surface area contributed by atoms with Gasteiger partial charge in [0.2, 0.25) is 5.91 Å². The molecule has 0 heterocycles. The summed E-state index contributed by atoms with van der Waals surface area (Å²) in [7, 11) is 0. The summed E-state index contributed by atoms with van der Waals surface area (Å²) in [6.45, 7) is 2.08. The first kappa shape index (κ1) is 11.4. The van der Waals surface area contributed by atoms with Gasteiger partial charge >= 0.3 is 0 Å². The molecule has 0 bridgehead atoms. The van der Waals surface area contributed by atoms with Gasteiger partial charge in [0.05, 0.1) is 0 Å². The topological polar surface area (TPSA) is 29.1 Å². The zero-order chi connectivity index (χ0) is 10.9. The molecule has 3 heteroatoms. The van der Waals surface area contributed by atoms with Gasteiger partial charge in [0.15, 0.2) is 0 Å². The number of amides is 1. The first-order valence-electron chi connectivity index (χ1n) is 5.99. The minimum absolute atomic E-state index is 0.0351.